The lowest BCUT2D eigenvalue weighted by Crippen LogP contribution is -2.22. The molecule has 1 fully saturated rings. The average Bonchev–Trinajstić information content (AvgIpc) is 2.75. The van der Waals surface area contributed by atoms with Gasteiger partial charge >= 0.3 is 0 Å². The molecule has 1 aromatic carbocycles. The van der Waals surface area contributed by atoms with E-state index in [0.29, 0.717) is 12.2 Å². The molecule has 1 aliphatic heterocycles. The molecule has 21 heavy (non-hydrogen) atoms. The summed E-state index contributed by atoms with van der Waals surface area (Å²) in [6.45, 7) is 4.10. The molecule has 1 saturated heterocycles. The maximum Gasteiger partial charge on any atom is 0.163 e. The van der Waals surface area contributed by atoms with Crippen LogP contribution in [0, 0.1) is 0 Å². The van der Waals surface area contributed by atoms with Gasteiger partial charge in [0, 0.05) is 0 Å². The highest BCUT2D eigenvalue weighted by Crippen LogP contribution is 2.33. The van der Waals surface area contributed by atoms with Gasteiger partial charge in [-0.3, -0.25) is 0 Å². The van der Waals surface area contributed by atoms with Crippen molar-refractivity contribution in [1.82, 2.24) is 0 Å². The molecule has 1 aromatic rings. The third-order valence-corrected chi connectivity index (χ3v) is 4.72. The molecular formula is C19H28O2. The molecule has 2 aliphatic carbocycles. The minimum absolute atomic E-state index is 0.295. The monoisotopic (exact) mass is 288 g/mol. The van der Waals surface area contributed by atoms with E-state index in [0.717, 1.165) is 12.8 Å². The van der Waals surface area contributed by atoms with Crippen molar-refractivity contribution in [3.05, 3.63) is 35.4 Å². The molecule has 0 unspecified atom stereocenters. The predicted octanol–water partition coefficient (Wildman–Crippen LogP) is 4.65. The van der Waals surface area contributed by atoms with Crippen molar-refractivity contribution in [1.29, 1.82) is 0 Å². The normalized spacial score (nSPS) is 29.8. The number of rotatable bonds is 0. The molecule has 2 nitrogen and oxygen atoms in total. The second-order valence-corrected chi connectivity index (χ2v) is 7.02. The summed E-state index contributed by atoms with van der Waals surface area (Å²) in [6, 6.07) is 9.23. The van der Waals surface area contributed by atoms with E-state index in [9.17, 15) is 0 Å². The zero-order valence-corrected chi connectivity index (χ0v) is 13.4. The lowest BCUT2D eigenvalue weighted by Gasteiger charge is -2.17. The van der Waals surface area contributed by atoms with E-state index in [1.54, 1.807) is 0 Å². The van der Waals surface area contributed by atoms with Crippen LogP contribution in [0.15, 0.2) is 24.3 Å². The molecule has 0 N–H and O–H groups in total. The first-order valence-electron chi connectivity index (χ1n) is 8.56. The van der Waals surface area contributed by atoms with Crippen LogP contribution in [0.25, 0.3) is 0 Å². The Morgan fingerprint density at radius 2 is 1.19 bits per heavy atom. The predicted molar refractivity (Wildman–Crippen MR) is 85.4 cm³/mol. The van der Waals surface area contributed by atoms with Crippen LogP contribution in [0.1, 0.15) is 63.5 Å². The quantitative estimate of drug-likeness (QED) is 0.692. The minimum atomic E-state index is -0.394. The van der Waals surface area contributed by atoms with Crippen LogP contribution < -0.4 is 0 Å². The van der Waals surface area contributed by atoms with E-state index in [4.69, 9.17) is 9.47 Å². The van der Waals surface area contributed by atoms with E-state index in [1.807, 2.05) is 13.8 Å². The standard InChI is InChI=1S/C19H28O2/c1-19(2)20-17-9-5-3-7-15-11-13-16(14-12-15)8-4-6-10-18(17)21-19/h11-14,17-18H,3-10H2,1-2H3/t17-,18+. The SMILES string of the molecule is CC1(C)O[C@H]2CCCCc3ccc(cc3)CCCC[C@H]2O1. The van der Waals surface area contributed by atoms with Gasteiger partial charge in [-0.25, -0.2) is 0 Å². The minimum Gasteiger partial charge on any atom is -0.345 e. The van der Waals surface area contributed by atoms with Gasteiger partial charge in [-0.2, -0.15) is 0 Å². The molecule has 116 valence electrons. The topological polar surface area (TPSA) is 18.5 Å². The van der Waals surface area contributed by atoms with Crippen LogP contribution in [-0.4, -0.2) is 18.0 Å². The van der Waals surface area contributed by atoms with Crippen LogP contribution in [0.5, 0.6) is 0 Å². The second kappa shape index (κ2) is 6.50. The first-order chi connectivity index (χ1) is 10.1. The second-order valence-electron chi connectivity index (χ2n) is 7.02. The number of hydrogen-bond donors (Lipinski definition) is 0. The Morgan fingerprint density at radius 1 is 0.762 bits per heavy atom. The lowest BCUT2D eigenvalue weighted by atomic mass is 9.97. The average molecular weight is 288 g/mol. The van der Waals surface area contributed by atoms with Crippen LogP contribution in [0.2, 0.25) is 0 Å². The molecule has 2 atom stereocenters. The van der Waals surface area contributed by atoms with Gasteiger partial charge in [0.1, 0.15) is 0 Å². The zero-order chi connectivity index (χ0) is 14.7. The van der Waals surface area contributed by atoms with Crippen molar-refractivity contribution in [2.45, 2.75) is 83.2 Å². The van der Waals surface area contributed by atoms with E-state index >= 15 is 0 Å². The summed E-state index contributed by atoms with van der Waals surface area (Å²) in [5.74, 6) is -0.394. The van der Waals surface area contributed by atoms with E-state index in [2.05, 4.69) is 24.3 Å². The highest BCUT2D eigenvalue weighted by Gasteiger charge is 2.40. The van der Waals surface area contributed by atoms with Gasteiger partial charge in [-0.05, 0) is 63.5 Å². The maximum atomic E-state index is 6.11. The van der Waals surface area contributed by atoms with Crippen LogP contribution in [0.4, 0.5) is 0 Å². The highest BCUT2D eigenvalue weighted by atomic mass is 16.7. The molecule has 0 radical (unpaired) electrons. The smallest absolute Gasteiger partial charge is 0.163 e. The fourth-order valence-corrected chi connectivity index (χ4v) is 3.62. The highest BCUT2D eigenvalue weighted by molar-refractivity contribution is 5.22. The summed E-state index contributed by atoms with van der Waals surface area (Å²) in [6.07, 6.45) is 10.2. The number of benzene rings is 1. The van der Waals surface area contributed by atoms with Crippen LogP contribution in [-0.2, 0) is 22.3 Å². The van der Waals surface area contributed by atoms with Crippen molar-refractivity contribution in [2.75, 3.05) is 0 Å². The van der Waals surface area contributed by atoms with Gasteiger partial charge in [-0.1, -0.05) is 37.1 Å². The van der Waals surface area contributed by atoms with Crippen LogP contribution >= 0.6 is 0 Å². The molecular weight excluding hydrogens is 260 g/mol. The zero-order valence-electron chi connectivity index (χ0n) is 13.4. The number of fused-ring (bicyclic) bond motifs is 8. The summed E-state index contributed by atoms with van der Waals surface area (Å²) in [7, 11) is 0. The number of ether oxygens (including phenoxy) is 2. The van der Waals surface area contributed by atoms with Gasteiger partial charge in [0.05, 0.1) is 12.2 Å². The van der Waals surface area contributed by atoms with Crippen molar-refractivity contribution in [3.8, 4) is 0 Å². The Labute approximate surface area is 128 Å². The molecule has 4 rings (SSSR count). The van der Waals surface area contributed by atoms with Gasteiger partial charge in [0.25, 0.3) is 0 Å². The third kappa shape index (κ3) is 4.08. The third-order valence-electron chi connectivity index (χ3n) is 4.72. The number of hydrogen-bond acceptors (Lipinski definition) is 2. The van der Waals surface area contributed by atoms with Crippen molar-refractivity contribution >= 4 is 0 Å². The lowest BCUT2D eigenvalue weighted by molar-refractivity contribution is -0.147. The molecule has 0 aromatic heterocycles. The Bertz CT molecular complexity index is 408. The molecule has 0 saturated carbocycles. The fraction of sp³-hybridized carbons (Fsp3) is 0.684. The summed E-state index contributed by atoms with van der Waals surface area (Å²) in [5.41, 5.74) is 2.94. The summed E-state index contributed by atoms with van der Waals surface area (Å²) in [4.78, 5) is 0. The Balaban J connectivity index is 1.65. The maximum absolute atomic E-state index is 6.11. The number of aryl methyl sites for hydroxylation is 2. The van der Waals surface area contributed by atoms with Crippen LogP contribution in [0.3, 0.4) is 0 Å². The Hall–Kier alpha value is -0.860. The molecule has 3 aliphatic rings. The molecule has 2 bridgehead atoms. The van der Waals surface area contributed by atoms with E-state index in [1.165, 1.54) is 49.7 Å². The summed E-state index contributed by atoms with van der Waals surface area (Å²) in [5, 5.41) is 0. The van der Waals surface area contributed by atoms with Crippen molar-refractivity contribution < 1.29 is 9.47 Å². The summed E-state index contributed by atoms with van der Waals surface area (Å²) < 4.78 is 12.2. The van der Waals surface area contributed by atoms with Crippen molar-refractivity contribution in [3.63, 3.8) is 0 Å². The largest absolute Gasteiger partial charge is 0.345 e. The van der Waals surface area contributed by atoms with E-state index < -0.39 is 5.79 Å². The molecule has 2 heteroatoms. The molecule has 1 heterocycles. The first kappa shape index (κ1) is 15.1. The summed E-state index contributed by atoms with van der Waals surface area (Å²) >= 11 is 0. The fourth-order valence-electron chi connectivity index (χ4n) is 3.62. The van der Waals surface area contributed by atoms with Gasteiger partial charge in [0.2, 0.25) is 0 Å². The molecule has 0 spiro atoms. The first-order valence-corrected chi connectivity index (χ1v) is 8.56. The van der Waals surface area contributed by atoms with Gasteiger partial charge in [0.15, 0.2) is 5.79 Å². The van der Waals surface area contributed by atoms with Crippen molar-refractivity contribution in [2.24, 2.45) is 0 Å². The van der Waals surface area contributed by atoms with Gasteiger partial charge < -0.3 is 9.47 Å². The Morgan fingerprint density at radius 3 is 1.62 bits per heavy atom. The molecule has 0 amide bonds. The van der Waals surface area contributed by atoms with E-state index in [-0.39, 0.29) is 0 Å². The Kier molecular flexibility index (Phi) is 4.66. The van der Waals surface area contributed by atoms with Gasteiger partial charge in [-0.15, -0.1) is 0 Å².